The molecule has 5 heteroatoms. The maximum absolute atomic E-state index is 9.21. The van der Waals surface area contributed by atoms with E-state index in [1.165, 1.54) is 10.9 Å². The molecule has 0 fully saturated rings. The second-order valence-electron chi connectivity index (χ2n) is 3.14. The average Bonchev–Trinajstić information content (AvgIpc) is 2.53. The van der Waals surface area contributed by atoms with Gasteiger partial charge in [-0.15, -0.1) is 0 Å². The fourth-order valence-electron chi connectivity index (χ4n) is 1.25. The molecule has 0 unspecified atom stereocenters. The number of phenols is 1. The van der Waals surface area contributed by atoms with E-state index >= 15 is 0 Å². The van der Waals surface area contributed by atoms with Crippen LogP contribution in [0.25, 0.3) is 0 Å². The van der Waals surface area contributed by atoms with Crippen molar-refractivity contribution in [3.05, 3.63) is 41.2 Å². The van der Waals surface area contributed by atoms with Crippen LogP contribution in [0.1, 0.15) is 5.56 Å². The Bertz CT molecular complexity index is 465. The lowest BCUT2D eigenvalue weighted by atomic mass is 10.2. The Morgan fingerprint density at radius 2 is 1.87 bits per heavy atom. The van der Waals surface area contributed by atoms with Gasteiger partial charge in [-0.25, -0.2) is 4.68 Å². The summed E-state index contributed by atoms with van der Waals surface area (Å²) < 4.78 is 1.48. The number of phenolic OH excluding ortho intramolecular Hbond substituents is 1. The molecule has 0 saturated heterocycles. The second kappa shape index (κ2) is 3.82. The Hall–Kier alpha value is -1.68. The Labute approximate surface area is 91.4 Å². The lowest BCUT2D eigenvalue weighted by molar-refractivity contribution is 0.473. The lowest BCUT2D eigenvalue weighted by Gasteiger charge is -2.03. The van der Waals surface area contributed by atoms with Crippen LogP contribution in [-0.4, -0.2) is 20.0 Å². The van der Waals surface area contributed by atoms with E-state index in [4.69, 9.17) is 16.7 Å². The van der Waals surface area contributed by atoms with Crippen molar-refractivity contribution in [1.29, 1.82) is 0 Å². The Balaban J connectivity index is 2.22. The van der Waals surface area contributed by atoms with Crippen LogP contribution in [-0.2, 0) is 6.54 Å². The largest absolute Gasteiger partial charge is 0.508 e. The first kappa shape index (κ1) is 9.86. The lowest BCUT2D eigenvalue weighted by Crippen LogP contribution is -2.00. The van der Waals surface area contributed by atoms with Crippen molar-refractivity contribution in [2.45, 2.75) is 6.54 Å². The summed E-state index contributed by atoms with van der Waals surface area (Å²) >= 11 is 5.79. The summed E-state index contributed by atoms with van der Waals surface area (Å²) in [4.78, 5) is 0. The molecule has 0 amide bonds. The molecular formula is C10H9ClN2O2. The van der Waals surface area contributed by atoms with E-state index in [0.29, 0.717) is 6.54 Å². The van der Waals surface area contributed by atoms with Gasteiger partial charge in [-0.3, -0.25) is 0 Å². The standard InChI is InChI=1S/C10H9ClN2O2/c11-10-9(15)5-12-13(10)6-7-1-3-8(14)4-2-7/h1-5,14-15H,6H2. The first-order valence-corrected chi connectivity index (χ1v) is 4.73. The SMILES string of the molecule is Oc1ccc(Cn2ncc(O)c2Cl)cc1. The highest BCUT2D eigenvalue weighted by Crippen LogP contribution is 2.22. The second-order valence-corrected chi connectivity index (χ2v) is 3.50. The van der Waals surface area contributed by atoms with Gasteiger partial charge in [-0.1, -0.05) is 23.7 Å². The molecule has 78 valence electrons. The van der Waals surface area contributed by atoms with Gasteiger partial charge in [-0.05, 0) is 17.7 Å². The number of aromatic nitrogens is 2. The zero-order valence-corrected chi connectivity index (χ0v) is 8.52. The van der Waals surface area contributed by atoms with Gasteiger partial charge in [-0.2, -0.15) is 5.10 Å². The summed E-state index contributed by atoms with van der Waals surface area (Å²) in [7, 11) is 0. The van der Waals surface area contributed by atoms with Crippen molar-refractivity contribution in [1.82, 2.24) is 9.78 Å². The summed E-state index contributed by atoms with van der Waals surface area (Å²) in [5.41, 5.74) is 0.942. The van der Waals surface area contributed by atoms with Crippen molar-refractivity contribution in [3.63, 3.8) is 0 Å². The minimum atomic E-state index is -0.0320. The molecule has 15 heavy (non-hydrogen) atoms. The van der Waals surface area contributed by atoms with Crippen molar-refractivity contribution < 1.29 is 10.2 Å². The number of hydrogen-bond donors (Lipinski definition) is 2. The molecule has 1 aromatic heterocycles. The molecule has 1 heterocycles. The Morgan fingerprint density at radius 1 is 1.20 bits per heavy atom. The molecular weight excluding hydrogens is 216 g/mol. The fraction of sp³-hybridized carbons (Fsp3) is 0.100. The molecule has 0 aliphatic heterocycles. The molecule has 2 N–H and O–H groups in total. The highest BCUT2D eigenvalue weighted by atomic mass is 35.5. The van der Waals surface area contributed by atoms with Crippen LogP contribution in [0.3, 0.4) is 0 Å². The molecule has 2 aromatic rings. The Morgan fingerprint density at radius 3 is 2.40 bits per heavy atom. The number of rotatable bonds is 2. The van der Waals surface area contributed by atoms with Crippen LogP contribution in [0.2, 0.25) is 5.15 Å². The number of aromatic hydroxyl groups is 2. The van der Waals surface area contributed by atoms with Gasteiger partial charge < -0.3 is 10.2 Å². The average molecular weight is 225 g/mol. The van der Waals surface area contributed by atoms with Crippen LogP contribution in [0.4, 0.5) is 0 Å². The Kier molecular flexibility index (Phi) is 2.51. The van der Waals surface area contributed by atoms with E-state index < -0.39 is 0 Å². The van der Waals surface area contributed by atoms with E-state index in [1.54, 1.807) is 24.3 Å². The number of halogens is 1. The monoisotopic (exact) mass is 224 g/mol. The van der Waals surface area contributed by atoms with Gasteiger partial charge in [0.2, 0.25) is 0 Å². The van der Waals surface area contributed by atoms with E-state index in [-0.39, 0.29) is 16.7 Å². The third kappa shape index (κ3) is 2.05. The predicted octanol–water partition coefficient (Wildman–Crippen LogP) is 2.00. The van der Waals surface area contributed by atoms with Gasteiger partial charge in [0.15, 0.2) is 10.9 Å². The summed E-state index contributed by atoms with van der Waals surface area (Å²) in [6.07, 6.45) is 1.29. The molecule has 0 aliphatic carbocycles. The van der Waals surface area contributed by atoms with E-state index in [1.807, 2.05) is 0 Å². The molecule has 0 saturated carbocycles. The fourth-order valence-corrected chi connectivity index (χ4v) is 1.40. The first-order chi connectivity index (χ1) is 7.16. The van der Waals surface area contributed by atoms with Gasteiger partial charge in [0, 0.05) is 0 Å². The van der Waals surface area contributed by atoms with Gasteiger partial charge in [0.05, 0.1) is 12.7 Å². The highest BCUT2D eigenvalue weighted by molar-refractivity contribution is 6.30. The molecule has 0 atom stereocenters. The van der Waals surface area contributed by atoms with Gasteiger partial charge in [0.25, 0.3) is 0 Å². The third-order valence-corrected chi connectivity index (χ3v) is 2.41. The molecule has 0 bridgehead atoms. The van der Waals surface area contributed by atoms with E-state index in [0.717, 1.165) is 5.56 Å². The van der Waals surface area contributed by atoms with Crippen LogP contribution in [0, 0.1) is 0 Å². The van der Waals surface area contributed by atoms with Crippen LogP contribution in [0.5, 0.6) is 11.5 Å². The smallest absolute Gasteiger partial charge is 0.173 e. The van der Waals surface area contributed by atoms with Crippen molar-refractivity contribution >= 4 is 11.6 Å². The van der Waals surface area contributed by atoms with E-state index in [9.17, 15) is 5.11 Å². The van der Waals surface area contributed by atoms with Crippen LogP contribution < -0.4 is 0 Å². The first-order valence-electron chi connectivity index (χ1n) is 4.35. The van der Waals surface area contributed by atoms with Crippen molar-refractivity contribution in [2.75, 3.05) is 0 Å². The molecule has 0 radical (unpaired) electrons. The van der Waals surface area contributed by atoms with Crippen molar-refractivity contribution in [2.24, 2.45) is 0 Å². The highest BCUT2D eigenvalue weighted by Gasteiger charge is 2.06. The van der Waals surface area contributed by atoms with E-state index in [2.05, 4.69) is 5.10 Å². The summed E-state index contributed by atoms with van der Waals surface area (Å²) in [5.74, 6) is 0.184. The minimum absolute atomic E-state index is 0.0320. The topological polar surface area (TPSA) is 58.3 Å². The predicted molar refractivity (Wildman–Crippen MR) is 56.1 cm³/mol. The number of hydrogen-bond acceptors (Lipinski definition) is 3. The maximum atomic E-state index is 9.21. The third-order valence-electron chi connectivity index (χ3n) is 2.03. The minimum Gasteiger partial charge on any atom is -0.508 e. The van der Waals surface area contributed by atoms with Crippen LogP contribution in [0.15, 0.2) is 30.5 Å². The molecule has 1 aromatic carbocycles. The normalized spacial score (nSPS) is 10.5. The zero-order chi connectivity index (χ0) is 10.8. The van der Waals surface area contributed by atoms with Gasteiger partial charge in [0.1, 0.15) is 5.75 Å². The summed E-state index contributed by atoms with van der Waals surface area (Å²) in [6, 6.07) is 6.72. The molecule has 0 aliphatic rings. The quantitative estimate of drug-likeness (QED) is 0.820. The summed E-state index contributed by atoms with van der Waals surface area (Å²) in [5, 5.41) is 22.4. The van der Waals surface area contributed by atoms with Crippen LogP contribution >= 0.6 is 11.6 Å². The maximum Gasteiger partial charge on any atom is 0.173 e. The molecule has 2 rings (SSSR count). The zero-order valence-electron chi connectivity index (χ0n) is 7.76. The number of benzene rings is 1. The van der Waals surface area contributed by atoms with Crippen molar-refractivity contribution in [3.8, 4) is 11.5 Å². The van der Waals surface area contributed by atoms with Gasteiger partial charge >= 0.3 is 0 Å². The summed E-state index contributed by atoms with van der Waals surface area (Å²) in [6.45, 7) is 0.458. The number of nitrogens with zero attached hydrogens (tertiary/aromatic N) is 2. The molecule has 4 nitrogen and oxygen atoms in total. The molecule has 0 spiro atoms.